The molecule has 3 heterocycles. The number of imidazole rings is 1. The van der Waals surface area contributed by atoms with E-state index in [0.717, 1.165) is 4.90 Å². The highest BCUT2D eigenvalue weighted by atomic mass is 19.3. The van der Waals surface area contributed by atoms with E-state index >= 15 is 0 Å². The quantitative estimate of drug-likeness (QED) is 0.243. The Labute approximate surface area is 211 Å². The molecule has 0 bridgehead atoms. The van der Waals surface area contributed by atoms with E-state index in [0.29, 0.717) is 35.2 Å². The third-order valence-corrected chi connectivity index (χ3v) is 6.79. The van der Waals surface area contributed by atoms with E-state index in [1.807, 2.05) is 13.8 Å². The second kappa shape index (κ2) is 9.12. The minimum atomic E-state index is -3.18. The van der Waals surface area contributed by atoms with Gasteiger partial charge in [0, 0.05) is 11.1 Å². The summed E-state index contributed by atoms with van der Waals surface area (Å²) < 4.78 is 44.9. The molecule has 0 radical (unpaired) electrons. The molecule has 5 rings (SSSR count). The van der Waals surface area contributed by atoms with Crippen molar-refractivity contribution >= 4 is 29.9 Å². The lowest BCUT2D eigenvalue weighted by molar-refractivity contribution is -0.396. The summed E-state index contributed by atoms with van der Waals surface area (Å²) in [6, 6.07) is 7.96. The van der Waals surface area contributed by atoms with Gasteiger partial charge >= 0.3 is 19.8 Å². The average Bonchev–Trinajstić information content (AvgIpc) is 3.48. The van der Waals surface area contributed by atoms with Gasteiger partial charge in [-0.05, 0) is 51.0 Å². The van der Waals surface area contributed by atoms with Crippen LogP contribution < -0.4 is 10.2 Å². The molecule has 196 valence electrons. The summed E-state index contributed by atoms with van der Waals surface area (Å²) in [5, 5.41) is 29.7. The molecule has 0 saturated carbocycles. The molecule has 2 aliphatic heterocycles. The minimum Gasteiger partial charge on any atom is -0.434 e. The van der Waals surface area contributed by atoms with Crippen LogP contribution in [0.25, 0.3) is 11.0 Å². The molecule has 13 heteroatoms. The normalized spacial score (nSPS) is 21.3. The summed E-state index contributed by atoms with van der Waals surface area (Å²) in [5.41, 5.74) is 1.64. The van der Waals surface area contributed by atoms with Crippen LogP contribution in [0, 0.1) is 0 Å². The Morgan fingerprint density at radius 3 is 2.68 bits per heavy atom. The molecule has 2 unspecified atom stereocenters. The number of aromatic nitrogens is 2. The van der Waals surface area contributed by atoms with Crippen molar-refractivity contribution in [2.24, 2.45) is 0 Å². The second-order valence-electron chi connectivity index (χ2n) is 9.84. The highest BCUT2D eigenvalue weighted by Crippen LogP contribution is 2.47. The van der Waals surface area contributed by atoms with E-state index in [1.165, 1.54) is 25.2 Å². The lowest BCUT2D eigenvalue weighted by Crippen LogP contribution is -2.47. The Kier molecular flexibility index (Phi) is 6.33. The van der Waals surface area contributed by atoms with E-state index in [2.05, 4.69) is 4.98 Å². The van der Waals surface area contributed by atoms with Gasteiger partial charge in [-0.3, -0.25) is 4.79 Å². The van der Waals surface area contributed by atoms with Crippen molar-refractivity contribution in [3.8, 4) is 5.75 Å². The predicted octanol–water partition coefficient (Wildman–Crippen LogP) is 1.52. The van der Waals surface area contributed by atoms with Crippen LogP contribution in [0.5, 0.6) is 5.75 Å². The Bertz CT molecular complexity index is 1340. The van der Waals surface area contributed by atoms with Gasteiger partial charge in [0.15, 0.2) is 6.29 Å². The van der Waals surface area contributed by atoms with E-state index in [4.69, 9.17) is 14.0 Å². The molecule has 0 spiro atoms. The van der Waals surface area contributed by atoms with Gasteiger partial charge in [-0.15, -0.1) is 0 Å². The molecule has 1 aromatic heterocycles. The van der Waals surface area contributed by atoms with Gasteiger partial charge < -0.3 is 33.9 Å². The molecule has 2 aliphatic rings. The highest BCUT2D eigenvalue weighted by Gasteiger charge is 2.45. The van der Waals surface area contributed by atoms with Crippen LogP contribution in [-0.2, 0) is 9.31 Å². The summed E-state index contributed by atoms with van der Waals surface area (Å²) in [6.45, 7) is 1.07. The van der Waals surface area contributed by atoms with Crippen LogP contribution in [-0.4, -0.2) is 75.1 Å². The van der Waals surface area contributed by atoms with E-state index in [1.54, 1.807) is 22.8 Å². The number of aliphatic hydroxyl groups is 3. The van der Waals surface area contributed by atoms with Crippen molar-refractivity contribution in [2.75, 3.05) is 13.7 Å². The number of hydrogen-bond acceptors (Lipinski definition) is 9. The van der Waals surface area contributed by atoms with Crippen LogP contribution in [0.15, 0.2) is 36.4 Å². The first-order valence-corrected chi connectivity index (χ1v) is 11.6. The van der Waals surface area contributed by atoms with Crippen LogP contribution in [0.1, 0.15) is 54.1 Å². The molecule has 3 N–H and O–H groups in total. The average molecular weight is 517 g/mol. The largest absolute Gasteiger partial charge is 0.494 e. The lowest BCUT2D eigenvalue weighted by Gasteiger charge is -2.30. The van der Waals surface area contributed by atoms with E-state index in [9.17, 15) is 28.9 Å². The van der Waals surface area contributed by atoms with Crippen LogP contribution in [0.4, 0.5) is 8.78 Å². The smallest absolute Gasteiger partial charge is 0.434 e. The van der Waals surface area contributed by atoms with Crippen LogP contribution in [0.3, 0.4) is 0 Å². The molecule has 2 aromatic carbocycles. The summed E-state index contributed by atoms with van der Waals surface area (Å²) in [7, 11) is 0.649. The first kappa shape index (κ1) is 25.7. The number of carbonyl (C=O) groups is 1. The van der Waals surface area contributed by atoms with Crippen molar-refractivity contribution in [1.82, 2.24) is 14.5 Å². The SMILES string of the molecule is CN(C1CC(c2c(C=O)cccc2OC(F)F)n2c1nc1ccc(B3OCC(C)(C)O3)cc12)C(O)(O)O. The van der Waals surface area contributed by atoms with Crippen LogP contribution >= 0.6 is 0 Å². The minimum absolute atomic E-state index is 0.0658. The van der Waals surface area contributed by atoms with Gasteiger partial charge in [0.25, 0.3) is 0 Å². The molecule has 37 heavy (non-hydrogen) atoms. The van der Waals surface area contributed by atoms with Gasteiger partial charge in [-0.1, -0.05) is 18.2 Å². The Morgan fingerprint density at radius 1 is 1.30 bits per heavy atom. The molecule has 2 atom stereocenters. The van der Waals surface area contributed by atoms with E-state index in [-0.39, 0.29) is 23.3 Å². The fourth-order valence-corrected chi connectivity index (χ4v) is 5.07. The summed E-state index contributed by atoms with van der Waals surface area (Å²) in [5.74, 6) is 0.141. The monoisotopic (exact) mass is 517 g/mol. The molecule has 0 aliphatic carbocycles. The van der Waals surface area contributed by atoms with Gasteiger partial charge in [-0.25, -0.2) is 9.88 Å². The Morgan fingerprint density at radius 2 is 2.05 bits per heavy atom. The van der Waals surface area contributed by atoms with Gasteiger partial charge in [0.05, 0.1) is 35.3 Å². The molecule has 0 amide bonds. The molecular formula is C24H26BF2N3O7. The van der Waals surface area contributed by atoms with Crippen LogP contribution in [0.2, 0.25) is 0 Å². The van der Waals surface area contributed by atoms with Crippen molar-refractivity contribution in [3.63, 3.8) is 0 Å². The molecule has 3 aromatic rings. The number of fused-ring (bicyclic) bond motifs is 3. The van der Waals surface area contributed by atoms with Gasteiger partial charge in [0.1, 0.15) is 11.6 Å². The van der Waals surface area contributed by atoms with Crippen molar-refractivity contribution in [2.45, 2.75) is 50.7 Å². The molecular weight excluding hydrogens is 491 g/mol. The number of rotatable bonds is 7. The summed E-state index contributed by atoms with van der Waals surface area (Å²) >= 11 is 0. The second-order valence-corrected chi connectivity index (χ2v) is 9.84. The number of halogens is 2. The number of aldehydes is 1. The third kappa shape index (κ3) is 4.62. The fraction of sp³-hybridized carbons (Fsp3) is 0.417. The molecule has 1 fully saturated rings. The Balaban J connectivity index is 1.70. The summed E-state index contributed by atoms with van der Waals surface area (Å²) in [4.78, 5) is 17.5. The van der Waals surface area contributed by atoms with Crippen molar-refractivity contribution in [1.29, 1.82) is 0 Å². The fourth-order valence-electron chi connectivity index (χ4n) is 5.07. The maximum atomic E-state index is 13.3. The van der Waals surface area contributed by atoms with E-state index < -0.39 is 37.5 Å². The lowest BCUT2D eigenvalue weighted by atomic mass is 9.79. The first-order chi connectivity index (χ1) is 17.4. The number of alkyl halides is 2. The zero-order valence-corrected chi connectivity index (χ0v) is 20.3. The highest BCUT2D eigenvalue weighted by molar-refractivity contribution is 6.62. The molecule has 10 nitrogen and oxygen atoms in total. The first-order valence-electron chi connectivity index (χ1n) is 11.6. The van der Waals surface area contributed by atoms with Gasteiger partial charge in [0.2, 0.25) is 0 Å². The number of ether oxygens (including phenoxy) is 1. The maximum Gasteiger partial charge on any atom is 0.494 e. The zero-order valence-electron chi connectivity index (χ0n) is 20.3. The van der Waals surface area contributed by atoms with Crippen molar-refractivity contribution in [3.05, 3.63) is 53.3 Å². The van der Waals surface area contributed by atoms with Crippen molar-refractivity contribution < 1.29 is 42.9 Å². The topological polar surface area (TPSA) is 127 Å². The zero-order chi connectivity index (χ0) is 26.7. The predicted molar refractivity (Wildman–Crippen MR) is 127 cm³/mol. The third-order valence-electron chi connectivity index (χ3n) is 6.79. The number of carbonyl (C=O) groups excluding carboxylic acids is 1. The Hall–Kier alpha value is -2.94. The number of hydrogen-bond donors (Lipinski definition) is 3. The molecule has 1 saturated heterocycles. The standard InChI is InChI=1S/C24H26BF2N3O7/c1-23(2)12-35-25(37-23)14-7-8-15-16(9-14)30-17(10-18(21(30)28-15)29(3)24(32,33)34)20-13(11-31)5-4-6-19(20)36-22(26)27/h4-9,11,17-18,22,32-34H,10,12H2,1-3H3. The number of benzene rings is 2. The number of nitrogens with zero attached hydrogens (tertiary/aromatic N) is 3. The van der Waals surface area contributed by atoms with Gasteiger partial charge in [-0.2, -0.15) is 8.78 Å². The summed E-state index contributed by atoms with van der Waals surface area (Å²) in [6.07, 6.45) is -2.57. The maximum absolute atomic E-state index is 13.3.